The lowest BCUT2D eigenvalue weighted by molar-refractivity contribution is 0.0888. The van der Waals surface area contributed by atoms with E-state index >= 15 is 0 Å². The molecule has 0 spiro atoms. The topological polar surface area (TPSA) is 94.3 Å². The van der Waals surface area contributed by atoms with Gasteiger partial charge in [-0.25, -0.2) is 19.3 Å². The molecule has 0 N–H and O–H groups in total. The second kappa shape index (κ2) is 9.61. The highest BCUT2D eigenvalue weighted by Gasteiger charge is 2.23. The molecule has 0 saturated carbocycles. The van der Waals surface area contributed by atoms with E-state index in [-0.39, 0.29) is 6.09 Å². The van der Waals surface area contributed by atoms with Crippen LogP contribution in [-0.2, 0) is 9.47 Å². The van der Waals surface area contributed by atoms with Crippen molar-refractivity contribution in [2.24, 2.45) is 0 Å². The van der Waals surface area contributed by atoms with Crippen LogP contribution in [0.5, 0.6) is 5.88 Å². The Morgan fingerprint density at radius 1 is 1.10 bits per heavy atom. The van der Waals surface area contributed by atoms with E-state index in [1.807, 2.05) is 24.4 Å². The molecule has 0 aliphatic carbocycles. The number of piperazine rings is 1. The molecular formula is C21H26N6O4. The highest BCUT2D eigenvalue weighted by Crippen LogP contribution is 2.31. The number of ether oxygens (including phenoxy) is 3. The molecule has 1 aliphatic rings. The van der Waals surface area contributed by atoms with Crippen LogP contribution in [0.3, 0.4) is 0 Å². The van der Waals surface area contributed by atoms with Crippen LogP contribution in [0.1, 0.15) is 6.42 Å². The van der Waals surface area contributed by atoms with Crippen molar-refractivity contribution in [3.8, 4) is 17.0 Å². The highest BCUT2D eigenvalue weighted by atomic mass is 16.6. The Morgan fingerprint density at radius 3 is 2.71 bits per heavy atom. The van der Waals surface area contributed by atoms with Crippen LogP contribution in [0.15, 0.2) is 36.8 Å². The fourth-order valence-electron chi connectivity index (χ4n) is 3.56. The molecule has 0 bridgehead atoms. The lowest BCUT2D eigenvalue weighted by Crippen LogP contribution is -2.49. The van der Waals surface area contributed by atoms with Gasteiger partial charge in [-0.2, -0.15) is 5.10 Å². The van der Waals surface area contributed by atoms with Gasteiger partial charge in [-0.1, -0.05) is 0 Å². The zero-order valence-electron chi connectivity index (χ0n) is 17.7. The Kier molecular flexibility index (Phi) is 6.46. The van der Waals surface area contributed by atoms with Crippen LogP contribution in [0, 0.1) is 0 Å². The zero-order chi connectivity index (χ0) is 21.6. The standard InChI is InChI=1S/C21H26N6O4/c1-29-13-4-14-31-21(28)26-11-9-25(10-12-26)18-6-8-27-19(24-18)17(15-23-27)16-5-3-7-22-20(16)30-2/h3,5-8,15H,4,9-14H2,1-2H3. The van der Waals surface area contributed by atoms with Gasteiger partial charge < -0.3 is 24.0 Å². The molecule has 164 valence electrons. The summed E-state index contributed by atoms with van der Waals surface area (Å²) < 4.78 is 17.4. The van der Waals surface area contributed by atoms with Gasteiger partial charge in [0, 0.05) is 64.3 Å². The fourth-order valence-corrected chi connectivity index (χ4v) is 3.56. The molecule has 0 radical (unpaired) electrons. The second-order valence-corrected chi connectivity index (χ2v) is 7.11. The first-order valence-corrected chi connectivity index (χ1v) is 10.2. The van der Waals surface area contributed by atoms with E-state index in [0.717, 1.165) is 22.6 Å². The fraction of sp³-hybridized carbons (Fsp3) is 0.429. The van der Waals surface area contributed by atoms with Gasteiger partial charge in [0.2, 0.25) is 5.88 Å². The molecule has 10 nitrogen and oxygen atoms in total. The van der Waals surface area contributed by atoms with E-state index in [9.17, 15) is 4.79 Å². The minimum atomic E-state index is -0.277. The summed E-state index contributed by atoms with van der Waals surface area (Å²) in [7, 11) is 3.23. The first-order valence-electron chi connectivity index (χ1n) is 10.2. The summed E-state index contributed by atoms with van der Waals surface area (Å²) in [6, 6.07) is 5.73. The number of hydrogen-bond donors (Lipinski definition) is 0. The van der Waals surface area contributed by atoms with Crippen molar-refractivity contribution < 1.29 is 19.0 Å². The van der Waals surface area contributed by atoms with E-state index in [1.54, 1.807) is 36.0 Å². The van der Waals surface area contributed by atoms with Gasteiger partial charge in [0.25, 0.3) is 0 Å². The molecule has 0 aromatic carbocycles. The van der Waals surface area contributed by atoms with Crippen molar-refractivity contribution in [3.05, 3.63) is 36.8 Å². The number of anilines is 1. The maximum atomic E-state index is 12.2. The molecule has 10 heteroatoms. The van der Waals surface area contributed by atoms with Crippen molar-refractivity contribution in [2.45, 2.75) is 6.42 Å². The molecule has 4 heterocycles. The molecule has 1 amide bonds. The predicted octanol–water partition coefficient (Wildman–Crippen LogP) is 2.09. The SMILES string of the molecule is COCCCOC(=O)N1CCN(c2ccn3ncc(-c4cccnc4OC)c3n2)CC1. The summed E-state index contributed by atoms with van der Waals surface area (Å²) in [4.78, 5) is 25.2. The van der Waals surface area contributed by atoms with Gasteiger partial charge in [-0.05, 0) is 18.2 Å². The van der Waals surface area contributed by atoms with Crippen LogP contribution >= 0.6 is 0 Å². The molecular weight excluding hydrogens is 400 g/mol. The van der Waals surface area contributed by atoms with Gasteiger partial charge >= 0.3 is 6.09 Å². The van der Waals surface area contributed by atoms with E-state index in [1.165, 1.54) is 0 Å². The van der Waals surface area contributed by atoms with Gasteiger partial charge in [0.05, 0.1) is 25.5 Å². The smallest absolute Gasteiger partial charge is 0.409 e. The minimum Gasteiger partial charge on any atom is -0.481 e. The Hall–Kier alpha value is -3.40. The number of rotatable bonds is 7. The largest absolute Gasteiger partial charge is 0.481 e. The second-order valence-electron chi connectivity index (χ2n) is 7.11. The van der Waals surface area contributed by atoms with Crippen LogP contribution < -0.4 is 9.64 Å². The van der Waals surface area contributed by atoms with Crippen molar-refractivity contribution in [2.75, 3.05) is 58.5 Å². The number of nitrogens with zero attached hydrogens (tertiary/aromatic N) is 6. The molecule has 0 unspecified atom stereocenters. The minimum absolute atomic E-state index is 0.277. The number of carbonyl (C=O) groups excluding carboxylic acids is 1. The van der Waals surface area contributed by atoms with Crippen molar-refractivity contribution in [1.82, 2.24) is 24.5 Å². The zero-order valence-corrected chi connectivity index (χ0v) is 17.7. The quantitative estimate of drug-likeness (QED) is 0.530. The van der Waals surface area contributed by atoms with Crippen LogP contribution in [-0.4, -0.2) is 84.2 Å². The number of pyridine rings is 1. The maximum Gasteiger partial charge on any atom is 0.409 e. The van der Waals surface area contributed by atoms with E-state index in [2.05, 4.69) is 15.0 Å². The van der Waals surface area contributed by atoms with Crippen LogP contribution in [0.2, 0.25) is 0 Å². The van der Waals surface area contributed by atoms with E-state index < -0.39 is 0 Å². The lowest BCUT2D eigenvalue weighted by atomic mass is 10.1. The number of carbonyl (C=O) groups is 1. The first kappa shape index (κ1) is 20.9. The third-order valence-corrected chi connectivity index (χ3v) is 5.19. The third-order valence-electron chi connectivity index (χ3n) is 5.19. The van der Waals surface area contributed by atoms with Gasteiger partial charge in [0.1, 0.15) is 5.82 Å². The van der Waals surface area contributed by atoms with Gasteiger partial charge in [-0.15, -0.1) is 0 Å². The normalized spacial score (nSPS) is 14.1. The van der Waals surface area contributed by atoms with E-state index in [4.69, 9.17) is 19.2 Å². The highest BCUT2D eigenvalue weighted by molar-refractivity contribution is 5.80. The Morgan fingerprint density at radius 2 is 1.94 bits per heavy atom. The Balaban J connectivity index is 1.46. The number of hydrogen-bond acceptors (Lipinski definition) is 8. The molecule has 1 saturated heterocycles. The third kappa shape index (κ3) is 4.53. The number of aromatic nitrogens is 4. The Labute approximate surface area is 180 Å². The Bertz CT molecular complexity index is 1030. The molecule has 1 aliphatic heterocycles. The van der Waals surface area contributed by atoms with Crippen molar-refractivity contribution >= 4 is 17.6 Å². The maximum absolute atomic E-state index is 12.2. The number of fused-ring (bicyclic) bond motifs is 1. The van der Waals surface area contributed by atoms with E-state index in [0.29, 0.717) is 51.7 Å². The monoisotopic (exact) mass is 426 g/mol. The summed E-state index contributed by atoms with van der Waals surface area (Å²) in [5, 5.41) is 4.41. The summed E-state index contributed by atoms with van der Waals surface area (Å²) in [6.45, 7) is 3.46. The molecule has 31 heavy (non-hydrogen) atoms. The summed E-state index contributed by atoms with van der Waals surface area (Å²) in [5.74, 6) is 1.37. The predicted molar refractivity (Wildman–Crippen MR) is 114 cm³/mol. The average Bonchev–Trinajstić information content (AvgIpc) is 3.25. The van der Waals surface area contributed by atoms with Crippen molar-refractivity contribution in [1.29, 1.82) is 0 Å². The molecule has 4 rings (SSSR count). The molecule has 0 atom stereocenters. The number of amides is 1. The lowest BCUT2D eigenvalue weighted by Gasteiger charge is -2.34. The van der Waals surface area contributed by atoms with Crippen LogP contribution in [0.4, 0.5) is 10.6 Å². The summed E-state index contributed by atoms with van der Waals surface area (Å²) in [5.41, 5.74) is 2.42. The van der Waals surface area contributed by atoms with Crippen molar-refractivity contribution in [3.63, 3.8) is 0 Å². The average molecular weight is 426 g/mol. The van der Waals surface area contributed by atoms with Gasteiger partial charge in [-0.3, -0.25) is 0 Å². The van der Waals surface area contributed by atoms with Crippen LogP contribution in [0.25, 0.3) is 16.8 Å². The molecule has 3 aromatic rings. The molecule has 3 aromatic heterocycles. The number of methoxy groups -OCH3 is 2. The van der Waals surface area contributed by atoms with Gasteiger partial charge in [0.15, 0.2) is 5.65 Å². The first-order chi connectivity index (χ1) is 15.2. The summed E-state index contributed by atoms with van der Waals surface area (Å²) >= 11 is 0. The summed E-state index contributed by atoms with van der Waals surface area (Å²) in [6.07, 6.45) is 5.76. The molecule has 1 fully saturated rings.